The highest BCUT2D eigenvalue weighted by atomic mass is 15.1. The summed E-state index contributed by atoms with van der Waals surface area (Å²) in [5.41, 5.74) is 5.99. The number of fused-ring (bicyclic) bond motifs is 3. The summed E-state index contributed by atoms with van der Waals surface area (Å²) in [6.45, 7) is 0. The number of aromatic nitrogens is 1. The first-order valence-corrected chi connectivity index (χ1v) is 9.20. The van der Waals surface area contributed by atoms with Crippen LogP contribution in [0.5, 0.6) is 0 Å². The number of hydrogen-bond acceptors (Lipinski definition) is 1. The fourth-order valence-corrected chi connectivity index (χ4v) is 3.90. The van der Waals surface area contributed by atoms with Gasteiger partial charge in [0.25, 0.3) is 0 Å². The van der Waals surface area contributed by atoms with Gasteiger partial charge in [0.15, 0.2) is 0 Å². The summed E-state index contributed by atoms with van der Waals surface area (Å²) in [6, 6.07) is 36.4. The van der Waals surface area contributed by atoms with Crippen molar-refractivity contribution in [3.8, 4) is 0 Å². The van der Waals surface area contributed by atoms with Crippen molar-refractivity contribution >= 4 is 38.9 Å². The van der Waals surface area contributed by atoms with Crippen molar-refractivity contribution in [2.45, 2.75) is 0 Å². The van der Waals surface area contributed by atoms with Crippen molar-refractivity contribution in [3.63, 3.8) is 0 Å². The van der Waals surface area contributed by atoms with Gasteiger partial charge in [0.05, 0.1) is 0 Å². The quantitative estimate of drug-likeness (QED) is 0.348. The van der Waals surface area contributed by atoms with E-state index in [1.807, 2.05) is 0 Å². The van der Waals surface area contributed by atoms with Gasteiger partial charge in [-0.2, -0.15) is 0 Å². The summed E-state index contributed by atoms with van der Waals surface area (Å²) in [5, 5.41) is 2.57. The van der Waals surface area contributed by atoms with Gasteiger partial charge in [-0.05, 0) is 48.5 Å². The van der Waals surface area contributed by atoms with Crippen LogP contribution in [0.3, 0.4) is 0 Å². The second kappa shape index (κ2) is 6.33. The molecule has 0 N–H and O–H groups in total. The van der Waals surface area contributed by atoms with E-state index >= 15 is 0 Å². The minimum Gasteiger partial charge on any atom is -0.344 e. The number of benzene rings is 4. The van der Waals surface area contributed by atoms with Crippen molar-refractivity contribution in [3.05, 3.63) is 103 Å². The van der Waals surface area contributed by atoms with Crippen molar-refractivity contribution in [1.29, 1.82) is 0 Å². The van der Waals surface area contributed by atoms with Crippen LogP contribution >= 0.6 is 0 Å². The molecule has 1 heterocycles. The van der Waals surface area contributed by atoms with E-state index in [1.165, 1.54) is 21.8 Å². The maximum atomic E-state index is 2.31. The summed E-state index contributed by atoms with van der Waals surface area (Å²) >= 11 is 0. The summed E-state index contributed by atoms with van der Waals surface area (Å²) in [6.07, 6.45) is 0. The van der Waals surface area contributed by atoms with Crippen molar-refractivity contribution in [2.75, 3.05) is 4.90 Å². The number of aryl methyl sites for hydroxylation is 1. The molecule has 0 saturated heterocycles. The smallest absolute Gasteiger partial charge is 0.0490 e. The summed E-state index contributed by atoms with van der Waals surface area (Å²) in [4.78, 5) is 2.31. The molecule has 0 radical (unpaired) electrons. The summed E-state index contributed by atoms with van der Waals surface area (Å²) in [7, 11) is 2.14. The van der Waals surface area contributed by atoms with E-state index in [2.05, 4.69) is 120 Å². The zero-order valence-electron chi connectivity index (χ0n) is 15.2. The molecule has 0 amide bonds. The Morgan fingerprint density at radius 2 is 1.07 bits per heavy atom. The highest BCUT2D eigenvalue weighted by molar-refractivity contribution is 6.09. The standard InChI is InChI=1S/C25H20N2/c1-26-24-15-9-8-14-22(24)23-18-21(16-17-25(23)26)27(19-10-4-2-5-11-19)20-12-6-3-7-13-20/h2-18H,1H3. The Labute approximate surface area is 158 Å². The second-order valence-corrected chi connectivity index (χ2v) is 6.78. The van der Waals surface area contributed by atoms with Gasteiger partial charge in [0, 0.05) is 45.9 Å². The lowest BCUT2D eigenvalue weighted by molar-refractivity contribution is 1.01. The molecular formula is C25H20N2. The van der Waals surface area contributed by atoms with E-state index in [0.29, 0.717) is 0 Å². The molecule has 0 aliphatic carbocycles. The minimum atomic E-state index is 1.16. The van der Waals surface area contributed by atoms with Gasteiger partial charge in [-0.3, -0.25) is 0 Å². The van der Waals surface area contributed by atoms with Crippen LogP contribution in [0.25, 0.3) is 21.8 Å². The third-order valence-corrected chi connectivity index (χ3v) is 5.18. The van der Waals surface area contributed by atoms with Crippen LogP contribution in [-0.2, 0) is 7.05 Å². The lowest BCUT2D eigenvalue weighted by Gasteiger charge is -2.25. The van der Waals surface area contributed by atoms with Crippen molar-refractivity contribution in [2.24, 2.45) is 7.05 Å². The first-order chi connectivity index (χ1) is 13.3. The molecule has 1 aromatic heterocycles. The molecule has 27 heavy (non-hydrogen) atoms. The molecule has 0 aliphatic heterocycles. The average Bonchev–Trinajstić information content (AvgIpc) is 3.02. The molecular weight excluding hydrogens is 328 g/mol. The lowest BCUT2D eigenvalue weighted by Crippen LogP contribution is -2.09. The second-order valence-electron chi connectivity index (χ2n) is 6.78. The van der Waals surface area contributed by atoms with Gasteiger partial charge >= 0.3 is 0 Å². The zero-order chi connectivity index (χ0) is 18.2. The van der Waals surface area contributed by atoms with Crippen LogP contribution in [0.2, 0.25) is 0 Å². The number of para-hydroxylation sites is 3. The van der Waals surface area contributed by atoms with Crippen LogP contribution in [0.4, 0.5) is 17.1 Å². The van der Waals surface area contributed by atoms with Gasteiger partial charge in [-0.25, -0.2) is 0 Å². The monoisotopic (exact) mass is 348 g/mol. The van der Waals surface area contributed by atoms with Crippen LogP contribution in [0, 0.1) is 0 Å². The number of nitrogens with zero attached hydrogens (tertiary/aromatic N) is 2. The number of anilines is 3. The summed E-state index contributed by atoms with van der Waals surface area (Å²) < 4.78 is 2.27. The summed E-state index contributed by atoms with van der Waals surface area (Å²) in [5.74, 6) is 0. The molecule has 0 atom stereocenters. The number of hydrogen-bond donors (Lipinski definition) is 0. The molecule has 5 aromatic rings. The van der Waals surface area contributed by atoms with Crippen molar-refractivity contribution in [1.82, 2.24) is 4.57 Å². The first kappa shape index (κ1) is 15.7. The largest absolute Gasteiger partial charge is 0.344 e. The van der Waals surface area contributed by atoms with E-state index in [9.17, 15) is 0 Å². The molecule has 0 saturated carbocycles. The Balaban J connectivity index is 1.77. The minimum absolute atomic E-state index is 1.16. The fourth-order valence-electron chi connectivity index (χ4n) is 3.90. The Morgan fingerprint density at radius 1 is 0.519 bits per heavy atom. The molecule has 0 unspecified atom stereocenters. The number of rotatable bonds is 3. The van der Waals surface area contributed by atoms with Crippen LogP contribution in [-0.4, -0.2) is 4.57 Å². The van der Waals surface area contributed by atoms with E-state index in [0.717, 1.165) is 17.1 Å². The van der Waals surface area contributed by atoms with E-state index in [1.54, 1.807) is 0 Å². The molecule has 5 rings (SSSR count). The van der Waals surface area contributed by atoms with Gasteiger partial charge in [-0.1, -0.05) is 54.6 Å². The van der Waals surface area contributed by atoms with E-state index < -0.39 is 0 Å². The van der Waals surface area contributed by atoms with Crippen LogP contribution < -0.4 is 4.90 Å². The zero-order valence-corrected chi connectivity index (χ0v) is 15.2. The Bertz CT molecular complexity index is 1180. The fraction of sp³-hybridized carbons (Fsp3) is 0.0400. The molecule has 0 fully saturated rings. The SMILES string of the molecule is Cn1c2ccccc2c2cc(N(c3ccccc3)c3ccccc3)ccc21. The maximum absolute atomic E-state index is 2.31. The van der Waals surface area contributed by atoms with Gasteiger partial charge in [0.1, 0.15) is 0 Å². The molecule has 0 spiro atoms. The van der Waals surface area contributed by atoms with E-state index in [4.69, 9.17) is 0 Å². The third kappa shape index (κ3) is 2.58. The molecule has 0 aliphatic rings. The van der Waals surface area contributed by atoms with Gasteiger partial charge in [0.2, 0.25) is 0 Å². The van der Waals surface area contributed by atoms with E-state index in [-0.39, 0.29) is 0 Å². The normalized spacial score (nSPS) is 11.1. The highest BCUT2D eigenvalue weighted by Crippen LogP contribution is 2.37. The molecule has 2 heteroatoms. The Hall–Kier alpha value is -3.52. The molecule has 0 bridgehead atoms. The third-order valence-electron chi connectivity index (χ3n) is 5.18. The predicted molar refractivity (Wildman–Crippen MR) is 115 cm³/mol. The Kier molecular flexibility index (Phi) is 3.68. The molecule has 130 valence electrons. The molecule has 2 nitrogen and oxygen atoms in total. The highest BCUT2D eigenvalue weighted by Gasteiger charge is 2.14. The van der Waals surface area contributed by atoms with Crippen LogP contribution in [0.15, 0.2) is 103 Å². The predicted octanol–water partition coefficient (Wildman–Crippen LogP) is 6.80. The van der Waals surface area contributed by atoms with Gasteiger partial charge in [-0.15, -0.1) is 0 Å². The lowest BCUT2D eigenvalue weighted by atomic mass is 10.1. The topological polar surface area (TPSA) is 8.17 Å². The maximum Gasteiger partial charge on any atom is 0.0490 e. The molecule has 4 aromatic carbocycles. The first-order valence-electron chi connectivity index (χ1n) is 9.20. The van der Waals surface area contributed by atoms with Crippen LogP contribution in [0.1, 0.15) is 0 Å². The Morgan fingerprint density at radius 3 is 1.74 bits per heavy atom. The van der Waals surface area contributed by atoms with Gasteiger partial charge < -0.3 is 9.47 Å². The van der Waals surface area contributed by atoms with Crippen molar-refractivity contribution < 1.29 is 0 Å². The average molecular weight is 348 g/mol.